The molecule has 1 amide bonds. The fraction of sp³-hybridized carbons (Fsp3) is 0.167. The Hall–Kier alpha value is -4.54. The van der Waals surface area contributed by atoms with E-state index in [4.69, 9.17) is 4.74 Å². The third-order valence-electron chi connectivity index (χ3n) is 6.29. The molecule has 1 atom stereocenters. The smallest absolute Gasteiger partial charge is 0.461 e. The van der Waals surface area contributed by atoms with Crippen LogP contribution >= 0.6 is 0 Å². The van der Waals surface area contributed by atoms with Gasteiger partial charge in [-0.05, 0) is 59.2 Å². The van der Waals surface area contributed by atoms with Gasteiger partial charge in [0.15, 0.2) is 11.6 Å². The van der Waals surface area contributed by atoms with E-state index in [2.05, 4.69) is 10.1 Å². The number of rotatable bonds is 10. The molecular weight excluding hydrogens is 555 g/mol. The minimum Gasteiger partial charge on any atom is -0.494 e. The quantitative estimate of drug-likeness (QED) is 0.202. The molecule has 1 N–H and O–H groups in total. The first-order valence-electron chi connectivity index (χ1n) is 12.1. The van der Waals surface area contributed by atoms with Crippen molar-refractivity contribution in [1.29, 1.82) is 0 Å². The lowest BCUT2D eigenvalue weighted by molar-refractivity contribution is -0.253. The van der Waals surface area contributed by atoms with Gasteiger partial charge in [-0.1, -0.05) is 42.5 Å². The van der Waals surface area contributed by atoms with Crippen LogP contribution in [-0.2, 0) is 12.0 Å². The third kappa shape index (κ3) is 6.45. The highest BCUT2D eigenvalue weighted by atomic mass is 19.3. The summed E-state index contributed by atoms with van der Waals surface area (Å²) in [7, 11) is 1.17. The van der Waals surface area contributed by atoms with Gasteiger partial charge >= 0.3 is 12.5 Å². The monoisotopic (exact) mass is 577 g/mol. The van der Waals surface area contributed by atoms with Gasteiger partial charge in [0.25, 0.3) is 5.91 Å². The second-order valence-electron chi connectivity index (χ2n) is 8.98. The maximum atomic E-state index is 15.0. The van der Waals surface area contributed by atoms with E-state index in [-0.39, 0.29) is 28.0 Å². The van der Waals surface area contributed by atoms with E-state index in [1.807, 2.05) is 0 Å². The van der Waals surface area contributed by atoms with Crippen LogP contribution < -0.4 is 14.8 Å². The first kappa shape index (κ1) is 29.4. The van der Waals surface area contributed by atoms with Crippen LogP contribution in [-0.4, -0.2) is 25.6 Å². The number of halogens is 7. The Kier molecular flexibility index (Phi) is 8.55. The van der Waals surface area contributed by atoms with Crippen LogP contribution in [0.25, 0.3) is 0 Å². The Morgan fingerprint density at radius 1 is 0.829 bits per heavy atom. The van der Waals surface area contributed by atoms with Gasteiger partial charge in [-0.2, -0.15) is 17.6 Å². The van der Waals surface area contributed by atoms with Crippen molar-refractivity contribution in [2.24, 2.45) is 0 Å². The van der Waals surface area contributed by atoms with Gasteiger partial charge in [-0.25, -0.2) is 13.2 Å². The van der Waals surface area contributed by atoms with E-state index in [1.165, 1.54) is 49.6 Å². The molecule has 41 heavy (non-hydrogen) atoms. The normalized spacial score (nSPS) is 13.0. The summed E-state index contributed by atoms with van der Waals surface area (Å²) in [6.07, 6.45) is -9.68. The number of carbonyl (C=O) groups excluding carboxylic acids is 1. The van der Waals surface area contributed by atoms with Crippen LogP contribution in [0.4, 0.5) is 30.7 Å². The second kappa shape index (κ2) is 11.9. The second-order valence-corrected chi connectivity index (χ2v) is 8.98. The number of benzene rings is 4. The van der Waals surface area contributed by atoms with E-state index < -0.39 is 53.6 Å². The number of hydrogen-bond donors (Lipinski definition) is 1. The minimum absolute atomic E-state index is 0.00575. The molecule has 0 bridgehead atoms. The van der Waals surface area contributed by atoms with Gasteiger partial charge in [0.05, 0.1) is 12.6 Å². The van der Waals surface area contributed by atoms with Gasteiger partial charge in [-0.15, -0.1) is 0 Å². The molecule has 0 aliphatic heterocycles. The molecule has 214 valence electrons. The zero-order valence-corrected chi connectivity index (χ0v) is 21.3. The molecule has 0 heterocycles. The Bertz CT molecular complexity index is 1530. The highest BCUT2D eigenvalue weighted by Gasteiger charge is 2.45. The summed E-state index contributed by atoms with van der Waals surface area (Å²) in [5.74, 6) is -4.77. The number of methoxy groups -OCH3 is 1. The number of alkyl halides is 4. The van der Waals surface area contributed by atoms with Crippen molar-refractivity contribution in [3.8, 4) is 11.5 Å². The molecule has 0 radical (unpaired) electrons. The van der Waals surface area contributed by atoms with Crippen LogP contribution in [0, 0.1) is 17.5 Å². The van der Waals surface area contributed by atoms with Gasteiger partial charge in [0.2, 0.25) is 0 Å². The maximum absolute atomic E-state index is 15.0. The molecular formula is C30H22F7NO3. The average Bonchev–Trinajstić information content (AvgIpc) is 2.94. The van der Waals surface area contributed by atoms with E-state index in [9.17, 15) is 31.1 Å². The lowest BCUT2D eigenvalue weighted by Gasteiger charge is -2.37. The molecule has 4 rings (SSSR count). The predicted molar refractivity (Wildman–Crippen MR) is 136 cm³/mol. The van der Waals surface area contributed by atoms with E-state index >= 15 is 4.39 Å². The lowest BCUT2D eigenvalue weighted by atomic mass is 9.77. The van der Waals surface area contributed by atoms with Crippen molar-refractivity contribution < 1.29 is 45.0 Å². The maximum Gasteiger partial charge on any atom is 0.461 e. The first-order valence-corrected chi connectivity index (χ1v) is 12.1. The zero-order valence-electron chi connectivity index (χ0n) is 21.3. The summed E-state index contributed by atoms with van der Waals surface area (Å²) in [5.41, 5.74) is -2.15. The molecule has 0 aliphatic carbocycles. The van der Waals surface area contributed by atoms with E-state index in [0.29, 0.717) is 6.07 Å². The zero-order chi connectivity index (χ0) is 29.8. The number of nitrogens with one attached hydrogen (secondary N) is 1. The molecule has 4 aromatic carbocycles. The van der Waals surface area contributed by atoms with Crippen LogP contribution in [0.15, 0.2) is 91.0 Å². The summed E-state index contributed by atoms with van der Waals surface area (Å²) in [6.45, 7) is 0. The van der Waals surface area contributed by atoms with Crippen molar-refractivity contribution in [2.45, 2.75) is 24.5 Å². The Morgan fingerprint density at radius 2 is 1.51 bits per heavy atom. The van der Waals surface area contributed by atoms with Crippen molar-refractivity contribution in [3.05, 3.63) is 131 Å². The minimum atomic E-state index is -4.98. The fourth-order valence-electron chi connectivity index (χ4n) is 4.34. The molecule has 0 aromatic heterocycles. The summed E-state index contributed by atoms with van der Waals surface area (Å²) in [4.78, 5) is 13.5. The number of amides is 1. The molecule has 0 spiro atoms. The molecule has 11 heteroatoms. The summed E-state index contributed by atoms with van der Waals surface area (Å²) in [5, 5.41) is 2.72. The standard InChI is InChI=1S/C30H22F7NO3/c1-40-26-15-20(11-12-25(26)33)29(17-19-9-5-6-10-24(19)32,38-27(39)18-7-3-2-4-8-18)21-13-22(31)16-23(14-21)41-30(36,37)28(34)35/h2-16,28H,17H2,1H3,(H,38,39)/t29-/m1/s1. The Labute approximate surface area is 230 Å². The van der Waals surface area contributed by atoms with Crippen LogP contribution in [0.1, 0.15) is 27.0 Å². The van der Waals surface area contributed by atoms with Crippen molar-refractivity contribution in [1.82, 2.24) is 5.32 Å². The molecule has 0 saturated carbocycles. The van der Waals surface area contributed by atoms with Crippen LogP contribution in [0.5, 0.6) is 11.5 Å². The first-order chi connectivity index (χ1) is 19.4. The Balaban J connectivity index is 2.01. The van der Waals surface area contributed by atoms with Crippen molar-refractivity contribution >= 4 is 5.91 Å². The van der Waals surface area contributed by atoms with Gasteiger partial charge < -0.3 is 14.8 Å². The van der Waals surface area contributed by atoms with Crippen LogP contribution in [0.3, 0.4) is 0 Å². The number of hydrogen-bond acceptors (Lipinski definition) is 3. The number of carbonyl (C=O) groups is 1. The van der Waals surface area contributed by atoms with Gasteiger partial charge in [0.1, 0.15) is 17.4 Å². The summed E-state index contributed by atoms with van der Waals surface area (Å²) < 4.78 is 107. The summed E-state index contributed by atoms with van der Waals surface area (Å²) in [6, 6.07) is 18.6. The molecule has 0 unspecified atom stereocenters. The van der Waals surface area contributed by atoms with Crippen molar-refractivity contribution in [2.75, 3.05) is 7.11 Å². The highest BCUT2D eigenvalue weighted by Crippen LogP contribution is 2.40. The highest BCUT2D eigenvalue weighted by molar-refractivity contribution is 5.95. The predicted octanol–water partition coefficient (Wildman–Crippen LogP) is 7.27. The van der Waals surface area contributed by atoms with Gasteiger partial charge in [-0.3, -0.25) is 4.79 Å². The number of ether oxygens (including phenoxy) is 2. The summed E-state index contributed by atoms with van der Waals surface area (Å²) >= 11 is 0. The van der Waals surface area contributed by atoms with E-state index in [1.54, 1.807) is 18.2 Å². The van der Waals surface area contributed by atoms with Crippen LogP contribution in [0.2, 0.25) is 0 Å². The van der Waals surface area contributed by atoms with E-state index in [0.717, 1.165) is 24.3 Å². The molecule has 4 nitrogen and oxygen atoms in total. The average molecular weight is 577 g/mol. The molecule has 0 saturated heterocycles. The SMILES string of the molecule is COc1cc([C@@](Cc2ccccc2F)(NC(=O)c2ccccc2)c2cc(F)cc(OC(F)(F)C(F)F)c2)ccc1F. The molecule has 0 fully saturated rings. The van der Waals surface area contributed by atoms with Crippen molar-refractivity contribution in [3.63, 3.8) is 0 Å². The Morgan fingerprint density at radius 3 is 2.17 bits per heavy atom. The molecule has 4 aromatic rings. The topological polar surface area (TPSA) is 47.6 Å². The third-order valence-corrected chi connectivity index (χ3v) is 6.29. The molecule has 0 aliphatic rings. The largest absolute Gasteiger partial charge is 0.494 e. The fourth-order valence-corrected chi connectivity index (χ4v) is 4.34. The van der Waals surface area contributed by atoms with Gasteiger partial charge in [0, 0.05) is 18.1 Å². The lowest BCUT2D eigenvalue weighted by Crippen LogP contribution is -2.49.